The quantitative estimate of drug-likeness (QED) is 0.758. The van der Waals surface area contributed by atoms with Crippen molar-refractivity contribution >= 4 is 23.2 Å². The summed E-state index contributed by atoms with van der Waals surface area (Å²) in [6, 6.07) is 8.94. The van der Waals surface area contributed by atoms with Crippen molar-refractivity contribution in [2.75, 3.05) is 0 Å². The number of hydrogen-bond donors (Lipinski definition) is 0. The second-order valence-corrected chi connectivity index (χ2v) is 4.68. The molecule has 0 amide bonds. The Morgan fingerprint density at radius 2 is 1.68 bits per heavy atom. The first-order valence-corrected chi connectivity index (χ1v) is 6.30. The maximum atomic E-state index is 12.7. The van der Waals surface area contributed by atoms with Gasteiger partial charge in [0.05, 0.1) is 6.10 Å². The molecule has 0 spiro atoms. The lowest BCUT2D eigenvalue weighted by Crippen LogP contribution is -2.33. The van der Waals surface area contributed by atoms with E-state index in [-0.39, 0.29) is 6.10 Å². The molecule has 102 valence electrons. The molecule has 0 fully saturated rings. The van der Waals surface area contributed by atoms with Gasteiger partial charge in [-0.2, -0.15) is 0 Å². The summed E-state index contributed by atoms with van der Waals surface area (Å²) in [4.78, 5) is 0. The second kappa shape index (κ2) is 5.15. The molecule has 1 atom stereocenters. The van der Waals surface area contributed by atoms with Crippen LogP contribution in [0.15, 0.2) is 36.4 Å². The van der Waals surface area contributed by atoms with Gasteiger partial charge < -0.3 is 17.7 Å². The van der Waals surface area contributed by atoms with Crippen LogP contribution >= 0.6 is 0 Å². The normalized spacial score (nSPS) is 13.5. The Bertz CT molecular complexity index is 580. The van der Waals surface area contributed by atoms with E-state index in [0.29, 0.717) is 11.1 Å². The van der Waals surface area contributed by atoms with E-state index in [0.717, 1.165) is 17.9 Å². The molecule has 19 heavy (non-hydrogen) atoms. The fraction of sp³-hybridized carbons (Fsp3) is 0.286. The van der Waals surface area contributed by atoms with Gasteiger partial charge in [0.2, 0.25) is 0 Å². The summed E-state index contributed by atoms with van der Waals surface area (Å²) in [5.74, 6) is 0.687. The monoisotopic (exact) mass is 267 g/mol. The van der Waals surface area contributed by atoms with E-state index < -0.39 is 12.4 Å². The molecule has 0 saturated carbocycles. The number of ether oxygens (including phenoxy) is 1. The van der Waals surface area contributed by atoms with Crippen molar-refractivity contribution in [2.45, 2.75) is 26.4 Å². The summed E-state index contributed by atoms with van der Waals surface area (Å²) in [6.07, 6.45) is 0.975. The maximum Gasteiger partial charge on any atom is 0.509 e. The molecule has 5 heteroatoms. The highest BCUT2D eigenvalue weighted by atomic mass is 19.4. The molecule has 0 bridgehead atoms. The van der Waals surface area contributed by atoms with Gasteiger partial charge >= 0.3 is 6.98 Å². The zero-order valence-electron chi connectivity index (χ0n) is 10.9. The first-order valence-electron chi connectivity index (χ1n) is 6.30. The van der Waals surface area contributed by atoms with E-state index in [4.69, 9.17) is 4.74 Å². The summed E-state index contributed by atoms with van der Waals surface area (Å²) < 4.78 is 43.6. The van der Waals surface area contributed by atoms with Gasteiger partial charge in [-0.25, -0.2) is 0 Å². The average molecular weight is 267 g/mol. The fourth-order valence-corrected chi connectivity index (χ4v) is 1.83. The third-order valence-electron chi connectivity index (χ3n) is 3.13. The lowest BCUT2D eigenvalue weighted by atomic mass is 9.79. The highest BCUT2D eigenvalue weighted by molar-refractivity contribution is 6.73. The van der Waals surface area contributed by atoms with Crippen LogP contribution in [-0.4, -0.2) is 13.1 Å². The molecule has 0 N–H and O–H groups in total. The predicted octanol–water partition coefficient (Wildman–Crippen LogP) is 4.07. The molecule has 0 saturated heterocycles. The first kappa shape index (κ1) is 13.8. The highest BCUT2D eigenvalue weighted by Gasteiger charge is 2.25. The average Bonchev–Trinajstić information content (AvgIpc) is 2.36. The first-order chi connectivity index (χ1) is 8.90. The molecule has 1 nitrogen and oxygen atoms in total. The van der Waals surface area contributed by atoms with Gasteiger partial charge in [0.25, 0.3) is 0 Å². The molecule has 0 aromatic heterocycles. The smallest absolute Gasteiger partial charge is 0.491 e. The zero-order chi connectivity index (χ0) is 14.0. The van der Waals surface area contributed by atoms with Crippen LogP contribution in [0.1, 0.15) is 20.3 Å². The Morgan fingerprint density at radius 1 is 1.05 bits per heavy atom. The number of hydrogen-bond acceptors (Lipinski definition) is 1. The van der Waals surface area contributed by atoms with Crippen molar-refractivity contribution in [2.24, 2.45) is 0 Å². The Morgan fingerprint density at radius 3 is 2.32 bits per heavy atom. The summed E-state index contributed by atoms with van der Waals surface area (Å²) in [5, 5.41) is 1.33. The number of rotatable bonds is 4. The Hall–Kier alpha value is -1.65. The van der Waals surface area contributed by atoms with Gasteiger partial charge in [0.1, 0.15) is 5.75 Å². The van der Waals surface area contributed by atoms with Gasteiger partial charge in [-0.3, -0.25) is 0 Å². The van der Waals surface area contributed by atoms with Crippen molar-refractivity contribution in [3.05, 3.63) is 36.4 Å². The van der Waals surface area contributed by atoms with Crippen molar-refractivity contribution in [1.29, 1.82) is 0 Å². The number of fused-ring (bicyclic) bond motifs is 1. The molecule has 0 radical (unpaired) electrons. The van der Waals surface area contributed by atoms with E-state index in [1.165, 1.54) is 12.1 Å². The van der Waals surface area contributed by atoms with E-state index >= 15 is 0 Å². The molecule has 2 aromatic rings. The fourth-order valence-electron chi connectivity index (χ4n) is 1.83. The number of benzene rings is 2. The molecule has 0 aliphatic carbocycles. The van der Waals surface area contributed by atoms with Crippen LogP contribution in [0, 0.1) is 0 Å². The summed E-state index contributed by atoms with van der Waals surface area (Å²) in [5.41, 5.74) is -0.567. The van der Waals surface area contributed by atoms with Crippen molar-refractivity contribution in [3.63, 3.8) is 0 Å². The van der Waals surface area contributed by atoms with E-state index in [2.05, 4.69) is 0 Å². The summed E-state index contributed by atoms with van der Waals surface area (Å²) >= 11 is 0. The van der Waals surface area contributed by atoms with Crippen molar-refractivity contribution < 1.29 is 17.7 Å². The largest absolute Gasteiger partial charge is 0.509 e. The topological polar surface area (TPSA) is 9.23 Å². The molecule has 2 rings (SSSR count). The van der Waals surface area contributed by atoms with Crippen molar-refractivity contribution in [1.82, 2.24) is 0 Å². The van der Waals surface area contributed by atoms with Gasteiger partial charge in [0, 0.05) is 0 Å². The summed E-state index contributed by atoms with van der Waals surface area (Å²) in [7, 11) is 0. The van der Waals surface area contributed by atoms with Crippen LogP contribution in [0.3, 0.4) is 0 Å². The Labute approximate surface area is 110 Å². The lowest BCUT2D eigenvalue weighted by molar-refractivity contribution is 0.218. The second-order valence-electron chi connectivity index (χ2n) is 4.68. The third kappa shape index (κ3) is 3.22. The minimum absolute atomic E-state index is 0.0928. The maximum absolute atomic E-state index is 12.7. The standard InChI is InChI=1S/C14H15BF3O/c1-3-10(2)19-14-7-5-11-8-13(15(16,17)18)6-4-12(11)9-14/h4-10H,3H2,1-2H3/q-1. The van der Waals surface area contributed by atoms with Gasteiger partial charge in [-0.05, 0) is 36.2 Å². The van der Waals surface area contributed by atoms with Gasteiger partial charge in [-0.15, -0.1) is 5.46 Å². The summed E-state index contributed by atoms with van der Waals surface area (Å²) in [6.45, 7) is -0.970. The zero-order valence-corrected chi connectivity index (χ0v) is 10.9. The Balaban J connectivity index is 2.35. The molecule has 0 heterocycles. The van der Waals surface area contributed by atoms with Gasteiger partial charge in [-0.1, -0.05) is 31.2 Å². The molecular formula is C14H15BF3O-. The van der Waals surface area contributed by atoms with Crippen LogP contribution in [0.4, 0.5) is 12.9 Å². The molecule has 1 unspecified atom stereocenters. The van der Waals surface area contributed by atoms with Crippen LogP contribution in [0.5, 0.6) is 5.75 Å². The van der Waals surface area contributed by atoms with Crippen LogP contribution in [-0.2, 0) is 0 Å². The van der Waals surface area contributed by atoms with Gasteiger partial charge in [0.15, 0.2) is 0 Å². The predicted molar refractivity (Wildman–Crippen MR) is 73.0 cm³/mol. The van der Waals surface area contributed by atoms with Crippen LogP contribution < -0.4 is 10.2 Å². The third-order valence-corrected chi connectivity index (χ3v) is 3.13. The van der Waals surface area contributed by atoms with E-state index in [1.54, 1.807) is 18.2 Å². The minimum atomic E-state index is -4.95. The van der Waals surface area contributed by atoms with E-state index in [9.17, 15) is 12.9 Å². The lowest BCUT2D eigenvalue weighted by Gasteiger charge is -2.16. The minimum Gasteiger partial charge on any atom is -0.491 e. The molecule has 0 aliphatic heterocycles. The highest BCUT2D eigenvalue weighted by Crippen LogP contribution is 2.22. The Kier molecular flexibility index (Phi) is 3.74. The molecule has 2 aromatic carbocycles. The molecular weight excluding hydrogens is 252 g/mol. The van der Waals surface area contributed by atoms with E-state index in [1.807, 2.05) is 13.8 Å². The van der Waals surface area contributed by atoms with Crippen LogP contribution in [0.2, 0.25) is 0 Å². The number of halogens is 3. The SMILES string of the molecule is CCC(C)Oc1ccc2cc([B-](F)(F)F)ccc2c1. The molecule has 0 aliphatic rings. The van der Waals surface area contributed by atoms with Crippen molar-refractivity contribution in [3.8, 4) is 5.75 Å². The van der Waals surface area contributed by atoms with Crippen LogP contribution in [0.25, 0.3) is 10.8 Å².